The van der Waals surface area contributed by atoms with E-state index in [9.17, 15) is 18.9 Å². The quantitative estimate of drug-likeness (QED) is 0.308. The smallest absolute Gasteiger partial charge is 0.258 e. The highest BCUT2D eigenvalue weighted by Gasteiger charge is 2.27. The first-order valence-electron chi connectivity index (χ1n) is 9.16. The van der Waals surface area contributed by atoms with Crippen LogP contribution < -0.4 is 0 Å². The molecular formula is C19H27F2NO2. The van der Waals surface area contributed by atoms with Crippen molar-refractivity contribution in [3.05, 3.63) is 39.4 Å². The largest absolute Gasteiger partial charge is 0.340 e. The summed E-state index contributed by atoms with van der Waals surface area (Å²) in [5.41, 5.74) is -0.475. The Morgan fingerprint density at radius 3 is 2.17 bits per heavy atom. The molecule has 1 saturated carbocycles. The minimum absolute atomic E-state index is 0.117. The van der Waals surface area contributed by atoms with Gasteiger partial charge in [0.05, 0.1) is 4.92 Å². The lowest BCUT2D eigenvalue weighted by Crippen LogP contribution is -2.14. The maximum atomic E-state index is 13.8. The Kier molecular flexibility index (Phi) is 7.13. The van der Waals surface area contributed by atoms with Gasteiger partial charge in [-0.25, -0.2) is 0 Å². The van der Waals surface area contributed by atoms with Crippen LogP contribution in [0.5, 0.6) is 0 Å². The molecule has 1 aromatic carbocycles. The Labute approximate surface area is 142 Å². The lowest BCUT2D eigenvalue weighted by Gasteiger charge is -2.29. The molecule has 0 aromatic heterocycles. The molecule has 0 aliphatic heterocycles. The van der Waals surface area contributed by atoms with Crippen LogP contribution in [0.25, 0.3) is 0 Å². The van der Waals surface area contributed by atoms with Crippen LogP contribution in [0.3, 0.4) is 0 Å². The van der Waals surface area contributed by atoms with E-state index < -0.39 is 22.2 Å². The summed E-state index contributed by atoms with van der Waals surface area (Å²) in [7, 11) is 0. The fraction of sp³-hybridized carbons (Fsp3) is 0.684. The molecule has 0 amide bonds. The zero-order chi connectivity index (χ0) is 17.5. The molecule has 0 atom stereocenters. The normalized spacial score (nSPS) is 21.0. The Morgan fingerprint density at radius 1 is 1.04 bits per heavy atom. The highest BCUT2D eigenvalue weighted by atomic mass is 19.1. The zero-order valence-electron chi connectivity index (χ0n) is 14.4. The van der Waals surface area contributed by atoms with Crippen molar-refractivity contribution in [2.24, 2.45) is 5.92 Å². The van der Waals surface area contributed by atoms with E-state index >= 15 is 0 Å². The van der Waals surface area contributed by atoms with Gasteiger partial charge in [-0.2, -0.15) is 8.78 Å². The lowest BCUT2D eigenvalue weighted by atomic mass is 9.77. The first-order valence-corrected chi connectivity index (χ1v) is 9.16. The summed E-state index contributed by atoms with van der Waals surface area (Å²) >= 11 is 0. The van der Waals surface area contributed by atoms with Gasteiger partial charge in [-0.05, 0) is 55.2 Å². The number of nitro groups is 1. The lowest BCUT2D eigenvalue weighted by molar-refractivity contribution is -0.390. The average Bonchev–Trinajstić information content (AvgIpc) is 2.54. The molecule has 5 heteroatoms. The van der Waals surface area contributed by atoms with Crippen LogP contribution >= 0.6 is 0 Å². The third-order valence-electron chi connectivity index (χ3n) is 5.26. The highest BCUT2D eigenvalue weighted by Crippen LogP contribution is 2.39. The second-order valence-corrected chi connectivity index (χ2v) is 7.01. The van der Waals surface area contributed by atoms with E-state index in [1.54, 1.807) is 0 Å². The van der Waals surface area contributed by atoms with Crippen molar-refractivity contribution in [2.75, 3.05) is 0 Å². The van der Waals surface area contributed by atoms with E-state index in [0.29, 0.717) is 5.56 Å². The molecule has 0 radical (unpaired) electrons. The molecule has 1 aromatic rings. The number of halogens is 2. The summed E-state index contributed by atoms with van der Waals surface area (Å²) in [6.07, 6.45) is 11.7. The maximum absolute atomic E-state index is 13.8. The minimum atomic E-state index is -1.06. The van der Waals surface area contributed by atoms with Gasteiger partial charge < -0.3 is 0 Å². The fourth-order valence-electron chi connectivity index (χ4n) is 3.82. The van der Waals surface area contributed by atoms with Gasteiger partial charge in [-0.3, -0.25) is 10.1 Å². The van der Waals surface area contributed by atoms with Gasteiger partial charge >= 0.3 is 5.69 Å². The van der Waals surface area contributed by atoms with Crippen molar-refractivity contribution >= 4 is 5.69 Å². The molecule has 24 heavy (non-hydrogen) atoms. The number of hydrogen-bond donors (Lipinski definition) is 0. The summed E-state index contributed by atoms with van der Waals surface area (Å²) in [6, 6.07) is 2.30. The fourth-order valence-corrected chi connectivity index (χ4v) is 3.82. The predicted molar refractivity (Wildman–Crippen MR) is 91.1 cm³/mol. The molecule has 3 nitrogen and oxygen atoms in total. The number of rotatable bonds is 8. The zero-order valence-corrected chi connectivity index (χ0v) is 14.4. The van der Waals surface area contributed by atoms with E-state index in [4.69, 9.17) is 0 Å². The molecule has 2 rings (SSSR count). The van der Waals surface area contributed by atoms with Crippen LogP contribution in [-0.2, 0) is 0 Å². The van der Waals surface area contributed by atoms with Crippen LogP contribution in [0.4, 0.5) is 14.5 Å². The Morgan fingerprint density at radius 2 is 1.62 bits per heavy atom. The number of unbranched alkanes of at least 4 members (excludes halogenated alkanes) is 4. The van der Waals surface area contributed by atoms with Crippen LogP contribution in [0, 0.1) is 27.7 Å². The van der Waals surface area contributed by atoms with E-state index in [-0.39, 0.29) is 5.92 Å². The second-order valence-electron chi connectivity index (χ2n) is 7.01. The SMILES string of the molecule is CCCCCCCC1CCC(c2cc(F)c([N+](=O)[O-])c(F)c2)CC1. The van der Waals surface area contributed by atoms with Gasteiger partial charge in [-0.1, -0.05) is 45.4 Å². The molecule has 0 heterocycles. The molecule has 1 aliphatic carbocycles. The van der Waals surface area contributed by atoms with Crippen molar-refractivity contribution in [2.45, 2.75) is 77.0 Å². The number of hydrogen-bond acceptors (Lipinski definition) is 2. The Hall–Kier alpha value is -1.52. The monoisotopic (exact) mass is 339 g/mol. The van der Waals surface area contributed by atoms with E-state index in [0.717, 1.165) is 43.7 Å². The molecule has 134 valence electrons. The van der Waals surface area contributed by atoms with Gasteiger partial charge in [0.15, 0.2) is 0 Å². The molecule has 0 spiro atoms. The number of nitro benzene ring substituents is 1. The van der Waals surface area contributed by atoms with E-state index in [1.807, 2.05) is 0 Å². The molecule has 1 aliphatic rings. The van der Waals surface area contributed by atoms with E-state index in [2.05, 4.69) is 6.92 Å². The molecular weight excluding hydrogens is 312 g/mol. The standard InChI is InChI=1S/C19H27F2NO2/c1-2-3-4-5-6-7-14-8-10-15(11-9-14)16-12-17(20)19(22(23)24)18(21)13-16/h12-15H,2-11H2,1H3. The molecule has 0 N–H and O–H groups in total. The van der Waals surface area contributed by atoms with Crippen LogP contribution in [-0.4, -0.2) is 4.92 Å². The number of nitrogens with zero attached hydrogens (tertiary/aromatic N) is 1. The third-order valence-corrected chi connectivity index (χ3v) is 5.26. The Balaban J connectivity index is 1.85. The summed E-state index contributed by atoms with van der Waals surface area (Å²) in [5, 5.41) is 10.7. The predicted octanol–water partition coefficient (Wildman–Crippen LogP) is 6.51. The third kappa shape index (κ3) is 4.99. The van der Waals surface area contributed by atoms with Crippen molar-refractivity contribution < 1.29 is 13.7 Å². The van der Waals surface area contributed by atoms with Crippen molar-refractivity contribution in [3.63, 3.8) is 0 Å². The molecule has 0 saturated heterocycles. The van der Waals surface area contributed by atoms with Crippen molar-refractivity contribution in [1.82, 2.24) is 0 Å². The summed E-state index contributed by atoms with van der Waals surface area (Å²) < 4.78 is 27.6. The van der Waals surface area contributed by atoms with Gasteiger partial charge in [0.2, 0.25) is 11.6 Å². The Bertz CT molecular complexity index is 531. The van der Waals surface area contributed by atoms with Crippen LogP contribution in [0.15, 0.2) is 12.1 Å². The van der Waals surface area contributed by atoms with Crippen molar-refractivity contribution in [3.8, 4) is 0 Å². The first-order chi connectivity index (χ1) is 11.5. The average molecular weight is 339 g/mol. The van der Waals surface area contributed by atoms with Crippen LogP contribution in [0.1, 0.15) is 82.6 Å². The minimum Gasteiger partial charge on any atom is -0.258 e. The van der Waals surface area contributed by atoms with Crippen molar-refractivity contribution in [1.29, 1.82) is 0 Å². The van der Waals surface area contributed by atoms with E-state index in [1.165, 1.54) is 38.5 Å². The van der Waals surface area contributed by atoms with Crippen LogP contribution in [0.2, 0.25) is 0 Å². The number of benzene rings is 1. The molecule has 0 bridgehead atoms. The summed E-state index contributed by atoms with van der Waals surface area (Å²) in [5.74, 6) is -1.29. The topological polar surface area (TPSA) is 43.1 Å². The first kappa shape index (κ1) is 18.8. The summed E-state index contributed by atoms with van der Waals surface area (Å²) in [6.45, 7) is 2.21. The highest BCUT2D eigenvalue weighted by molar-refractivity contribution is 5.38. The maximum Gasteiger partial charge on any atom is 0.340 e. The van der Waals surface area contributed by atoms with Gasteiger partial charge in [-0.15, -0.1) is 0 Å². The van der Waals surface area contributed by atoms with Gasteiger partial charge in [0.25, 0.3) is 0 Å². The molecule has 0 unspecified atom stereocenters. The molecule has 1 fully saturated rings. The van der Waals surface area contributed by atoms with Gasteiger partial charge in [0, 0.05) is 0 Å². The summed E-state index contributed by atoms with van der Waals surface area (Å²) in [4.78, 5) is 9.67. The van der Waals surface area contributed by atoms with Gasteiger partial charge in [0.1, 0.15) is 0 Å². The second kappa shape index (κ2) is 9.09.